The third kappa shape index (κ3) is 4.79. The van der Waals surface area contributed by atoms with Crippen LogP contribution in [0.15, 0.2) is 12.1 Å². The maximum atomic E-state index is 12.0. The van der Waals surface area contributed by atoms with E-state index in [1.54, 1.807) is 0 Å². The second-order valence-electron chi connectivity index (χ2n) is 5.07. The van der Waals surface area contributed by atoms with Gasteiger partial charge in [-0.25, -0.2) is 0 Å². The van der Waals surface area contributed by atoms with Crippen LogP contribution in [0.5, 0.6) is 0 Å². The van der Waals surface area contributed by atoms with Crippen LogP contribution in [0.25, 0.3) is 0 Å². The topological polar surface area (TPSA) is 84.2 Å². The molecule has 2 rings (SSSR count). The molecule has 0 aromatic heterocycles. The summed E-state index contributed by atoms with van der Waals surface area (Å²) < 4.78 is 0. The van der Waals surface area contributed by atoms with Crippen molar-refractivity contribution in [3.05, 3.63) is 27.7 Å². The molecule has 0 saturated heterocycles. The molecule has 0 aliphatic heterocycles. The lowest BCUT2D eigenvalue weighted by Crippen LogP contribution is -2.28. The predicted molar refractivity (Wildman–Crippen MR) is 83.6 cm³/mol. The van der Waals surface area contributed by atoms with Crippen molar-refractivity contribution >= 4 is 40.7 Å². The minimum Gasteiger partial charge on any atom is -0.399 e. The zero-order valence-electron chi connectivity index (χ0n) is 11.4. The highest BCUT2D eigenvalue weighted by Crippen LogP contribution is 2.28. The molecule has 7 heteroatoms. The number of nitrogens with two attached hydrogens (primary N) is 1. The number of hydrogen-bond acceptors (Lipinski definition) is 3. The van der Waals surface area contributed by atoms with Crippen molar-refractivity contribution in [2.45, 2.75) is 31.7 Å². The fourth-order valence-electron chi connectivity index (χ4n) is 1.85. The van der Waals surface area contributed by atoms with Crippen LogP contribution in [0.2, 0.25) is 10.0 Å². The third-order valence-corrected chi connectivity index (χ3v) is 3.91. The summed E-state index contributed by atoms with van der Waals surface area (Å²) in [5.41, 5.74) is 6.25. The van der Waals surface area contributed by atoms with Crippen LogP contribution < -0.4 is 16.4 Å². The van der Waals surface area contributed by atoms with Crippen LogP contribution >= 0.6 is 23.2 Å². The molecule has 4 N–H and O–H groups in total. The van der Waals surface area contributed by atoms with Crippen LogP contribution in [-0.4, -0.2) is 24.4 Å². The van der Waals surface area contributed by atoms with Gasteiger partial charge in [-0.15, -0.1) is 0 Å². The number of rotatable bonds is 6. The molecule has 1 aliphatic carbocycles. The number of hydrogen-bond donors (Lipinski definition) is 3. The highest BCUT2D eigenvalue weighted by atomic mass is 35.5. The van der Waals surface area contributed by atoms with E-state index in [-0.39, 0.29) is 27.4 Å². The molecule has 0 unspecified atom stereocenters. The van der Waals surface area contributed by atoms with Crippen molar-refractivity contribution in [2.75, 3.05) is 12.3 Å². The Morgan fingerprint density at radius 3 is 2.67 bits per heavy atom. The molecular formula is C14H17Cl2N3O2. The van der Waals surface area contributed by atoms with E-state index < -0.39 is 0 Å². The van der Waals surface area contributed by atoms with Gasteiger partial charge in [-0.05, 0) is 31.4 Å². The maximum absolute atomic E-state index is 12.0. The van der Waals surface area contributed by atoms with Gasteiger partial charge in [0.25, 0.3) is 5.91 Å². The Labute approximate surface area is 133 Å². The van der Waals surface area contributed by atoms with Gasteiger partial charge in [-0.1, -0.05) is 23.2 Å². The Bertz CT molecular complexity index is 559. The van der Waals surface area contributed by atoms with E-state index >= 15 is 0 Å². The van der Waals surface area contributed by atoms with E-state index in [1.807, 2.05) is 0 Å². The Morgan fingerprint density at radius 2 is 2.00 bits per heavy atom. The molecule has 1 aromatic carbocycles. The first kappa shape index (κ1) is 15.9. The predicted octanol–water partition coefficient (Wildman–Crippen LogP) is 2.36. The largest absolute Gasteiger partial charge is 0.399 e. The number of carbonyl (C=O) groups excluding carboxylic acids is 2. The van der Waals surface area contributed by atoms with Crippen LogP contribution in [0, 0.1) is 0 Å². The average Bonchev–Trinajstić information content (AvgIpc) is 3.22. The minimum atomic E-state index is -0.350. The molecule has 21 heavy (non-hydrogen) atoms. The first-order chi connectivity index (χ1) is 9.97. The average molecular weight is 330 g/mol. The number of amides is 2. The van der Waals surface area contributed by atoms with Gasteiger partial charge in [0.2, 0.25) is 5.91 Å². The van der Waals surface area contributed by atoms with Gasteiger partial charge in [-0.3, -0.25) is 9.59 Å². The summed E-state index contributed by atoms with van der Waals surface area (Å²) in [6.07, 6.45) is 3.09. The van der Waals surface area contributed by atoms with Gasteiger partial charge in [0, 0.05) is 24.7 Å². The number of nitrogens with one attached hydrogen (secondary N) is 2. The number of carbonyl (C=O) groups is 2. The van der Waals surface area contributed by atoms with Crippen molar-refractivity contribution < 1.29 is 9.59 Å². The Hall–Kier alpha value is -1.46. The van der Waals surface area contributed by atoms with Crippen LogP contribution in [0.1, 0.15) is 36.0 Å². The zero-order chi connectivity index (χ0) is 15.4. The molecule has 1 fully saturated rings. The van der Waals surface area contributed by atoms with Crippen molar-refractivity contribution in [3.8, 4) is 0 Å². The summed E-state index contributed by atoms with van der Waals surface area (Å²) in [6, 6.07) is 3.33. The van der Waals surface area contributed by atoms with E-state index in [0.717, 1.165) is 12.8 Å². The van der Waals surface area contributed by atoms with Crippen LogP contribution in [-0.2, 0) is 4.79 Å². The summed E-state index contributed by atoms with van der Waals surface area (Å²) in [7, 11) is 0. The lowest BCUT2D eigenvalue weighted by atomic mass is 10.2. The molecule has 0 heterocycles. The molecule has 1 aliphatic rings. The maximum Gasteiger partial charge on any atom is 0.252 e. The number of halogens is 2. The number of benzene rings is 1. The van der Waals surface area contributed by atoms with Gasteiger partial charge in [0.1, 0.15) is 0 Å². The van der Waals surface area contributed by atoms with Crippen molar-refractivity contribution in [3.63, 3.8) is 0 Å². The Kier molecular flexibility index (Phi) is 5.31. The second kappa shape index (κ2) is 7.00. The van der Waals surface area contributed by atoms with E-state index in [2.05, 4.69) is 10.6 Å². The molecule has 0 bridgehead atoms. The minimum absolute atomic E-state index is 0.0248. The quantitative estimate of drug-likeness (QED) is 0.553. The SMILES string of the molecule is Nc1cc(Cl)c(Cl)c(C(=O)NCCCC(=O)NC2CC2)c1. The summed E-state index contributed by atoms with van der Waals surface area (Å²) >= 11 is 11.9. The standard InChI is InChI=1S/C14H17Cl2N3O2/c15-11-7-8(17)6-10(13(11)16)14(21)18-5-1-2-12(20)19-9-3-4-9/h6-7,9H,1-5,17H2,(H,18,21)(H,19,20). The van der Waals surface area contributed by atoms with Crippen molar-refractivity contribution in [1.82, 2.24) is 10.6 Å². The molecule has 1 aromatic rings. The van der Waals surface area contributed by atoms with Crippen molar-refractivity contribution in [2.24, 2.45) is 0 Å². The molecule has 1 saturated carbocycles. The van der Waals surface area contributed by atoms with E-state index in [0.29, 0.717) is 31.1 Å². The second-order valence-corrected chi connectivity index (χ2v) is 5.85. The van der Waals surface area contributed by atoms with Gasteiger partial charge in [0.15, 0.2) is 0 Å². The molecule has 0 atom stereocenters. The molecule has 5 nitrogen and oxygen atoms in total. The first-order valence-electron chi connectivity index (χ1n) is 6.79. The highest BCUT2D eigenvalue weighted by molar-refractivity contribution is 6.44. The number of anilines is 1. The van der Waals surface area contributed by atoms with Gasteiger partial charge < -0.3 is 16.4 Å². The summed E-state index contributed by atoms with van der Waals surface area (Å²) in [6.45, 7) is 0.389. The highest BCUT2D eigenvalue weighted by Gasteiger charge is 2.22. The monoisotopic (exact) mass is 329 g/mol. The smallest absolute Gasteiger partial charge is 0.252 e. The van der Waals surface area contributed by atoms with Crippen LogP contribution in [0.3, 0.4) is 0 Å². The lowest BCUT2D eigenvalue weighted by molar-refractivity contribution is -0.121. The molecule has 2 amide bonds. The van der Waals surface area contributed by atoms with Gasteiger partial charge in [0.05, 0.1) is 15.6 Å². The fraction of sp³-hybridized carbons (Fsp3) is 0.429. The van der Waals surface area contributed by atoms with E-state index in [9.17, 15) is 9.59 Å². The van der Waals surface area contributed by atoms with E-state index in [1.165, 1.54) is 12.1 Å². The van der Waals surface area contributed by atoms with Crippen LogP contribution in [0.4, 0.5) is 5.69 Å². The third-order valence-electron chi connectivity index (χ3n) is 3.10. The summed E-state index contributed by atoms with van der Waals surface area (Å²) in [4.78, 5) is 23.5. The van der Waals surface area contributed by atoms with Gasteiger partial charge in [-0.2, -0.15) is 0 Å². The molecular weight excluding hydrogens is 313 g/mol. The normalized spacial score (nSPS) is 13.8. The summed E-state index contributed by atoms with van der Waals surface area (Å²) in [5, 5.41) is 6.01. The number of nitrogen functional groups attached to an aromatic ring is 1. The van der Waals surface area contributed by atoms with Crippen molar-refractivity contribution in [1.29, 1.82) is 0 Å². The Morgan fingerprint density at radius 1 is 1.29 bits per heavy atom. The molecule has 0 spiro atoms. The summed E-state index contributed by atoms with van der Waals surface area (Å²) in [5.74, 6) is -0.325. The zero-order valence-corrected chi connectivity index (χ0v) is 12.9. The Balaban J connectivity index is 1.77. The van der Waals surface area contributed by atoms with Gasteiger partial charge >= 0.3 is 0 Å². The molecule has 114 valence electrons. The van der Waals surface area contributed by atoms with E-state index in [4.69, 9.17) is 28.9 Å². The first-order valence-corrected chi connectivity index (χ1v) is 7.55. The lowest BCUT2D eigenvalue weighted by Gasteiger charge is -2.09. The molecule has 0 radical (unpaired) electrons. The fourth-order valence-corrected chi connectivity index (χ4v) is 2.27.